The zero-order chi connectivity index (χ0) is 14.2. The van der Waals surface area contributed by atoms with Gasteiger partial charge in [0.2, 0.25) is 0 Å². The third-order valence-corrected chi connectivity index (χ3v) is 3.72. The van der Waals surface area contributed by atoms with Crippen LogP contribution in [0.3, 0.4) is 0 Å². The molecule has 0 spiro atoms. The molecule has 0 bridgehead atoms. The van der Waals surface area contributed by atoms with E-state index in [0.717, 1.165) is 13.1 Å². The van der Waals surface area contributed by atoms with Crippen molar-refractivity contribution in [2.24, 2.45) is 0 Å². The van der Waals surface area contributed by atoms with Crippen LogP contribution in [-0.2, 0) is 6.18 Å². The summed E-state index contributed by atoms with van der Waals surface area (Å²) in [6, 6.07) is 2.70. The molecular formula is C13H18F3N3. The number of halogens is 3. The predicted molar refractivity (Wildman–Crippen MR) is 69.7 cm³/mol. The lowest BCUT2D eigenvalue weighted by atomic mass is 9.84. The van der Waals surface area contributed by atoms with Crippen molar-refractivity contribution in [1.82, 2.24) is 4.90 Å². The Morgan fingerprint density at radius 1 is 1.11 bits per heavy atom. The molecule has 4 N–H and O–H groups in total. The lowest BCUT2D eigenvalue weighted by Crippen LogP contribution is -2.30. The van der Waals surface area contributed by atoms with Gasteiger partial charge in [-0.2, -0.15) is 13.2 Å². The normalized spacial score (nSPS) is 18.7. The summed E-state index contributed by atoms with van der Waals surface area (Å²) in [5.41, 5.74) is 10.7. The third-order valence-electron chi connectivity index (χ3n) is 3.72. The van der Waals surface area contributed by atoms with Crippen LogP contribution in [0.2, 0.25) is 0 Å². The number of anilines is 2. The van der Waals surface area contributed by atoms with Gasteiger partial charge in [-0.1, -0.05) is 0 Å². The number of nitrogen functional groups attached to an aromatic ring is 2. The molecule has 1 aromatic carbocycles. The molecule has 0 radical (unpaired) electrons. The largest absolute Gasteiger partial charge is 0.418 e. The van der Waals surface area contributed by atoms with Crippen LogP contribution in [0.4, 0.5) is 24.5 Å². The second-order valence-corrected chi connectivity index (χ2v) is 5.11. The summed E-state index contributed by atoms with van der Waals surface area (Å²) in [6.07, 6.45) is -3.11. The maximum atomic E-state index is 13.2. The van der Waals surface area contributed by atoms with E-state index in [1.165, 1.54) is 12.1 Å². The van der Waals surface area contributed by atoms with Crippen LogP contribution in [0.15, 0.2) is 12.1 Å². The van der Waals surface area contributed by atoms with Crippen LogP contribution in [0.5, 0.6) is 0 Å². The first-order valence-corrected chi connectivity index (χ1v) is 6.24. The summed E-state index contributed by atoms with van der Waals surface area (Å²) in [6.45, 7) is 1.55. The molecule has 106 valence electrons. The monoisotopic (exact) mass is 273 g/mol. The van der Waals surface area contributed by atoms with Gasteiger partial charge in [-0.25, -0.2) is 0 Å². The Bertz CT molecular complexity index is 463. The van der Waals surface area contributed by atoms with Crippen LogP contribution in [0, 0.1) is 0 Å². The maximum absolute atomic E-state index is 13.2. The van der Waals surface area contributed by atoms with E-state index in [2.05, 4.69) is 4.90 Å². The third kappa shape index (κ3) is 2.78. The lowest BCUT2D eigenvalue weighted by Gasteiger charge is -2.31. The number of nitrogens with two attached hydrogens (primary N) is 2. The molecule has 0 amide bonds. The van der Waals surface area contributed by atoms with E-state index < -0.39 is 11.7 Å². The van der Waals surface area contributed by atoms with Gasteiger partial charge < -0.3 is 16.4 Å². The van der Waals surface area contributed by atoms with E-state index in [9.17, 15) is 13.2 Å². The fourth-order valence-corrected chi connectivity index (χ4v) is 2.71. The Balaban J connectivity index is 2.46. The number of rotatable bonds is 1. The molecular weight excluding hydrogens is 255 g/mol. The van der Waals surface area contributed by atoms with E-state index >= 15 is 0 Å². The molecule has 1 fully saturated rings. The minimum Gasteiger partial charge on any atom is -0.398 e. The zero-order valence-corrected chi connectivity index (χ0v) is 10.8. The van der Waals surface area contributed by atoms with Crippen molar-refractivity contribution in [3.8, 4) is 0 Å². The summed E-state index contributed by atoms with van der Waals surface area (Å²) < 4.78 is 39.5. The molecule has 1 aliphatic heterocycles. The van der Waals surface area contributed by atoms with E-state index in [1.807, 2.05) is 7.05 Å². The number of piperidine rings is 1. The highest BCUT2D eigenvalue weighted by Crippen LogP contribution is 2.44. The van der Waals surface area contributed by atoms with Crippen LogP contribution < -0.4 is 11.5 Å². The van der Waals surface area contributed by atoms with E-state index in [4.69, 9.17) is 11.5 Å². The fraction of sp³-hybridized carbons (Fsp3) is 0.538. The minimum atomic E-state index is -4.46. The van der Waals surface area contributed by atoms with Crippen molar-refractivity contribution in [2.75, 3.05) is 31.6 Å². The van der Waals surface area contributed by atoms with Crippen LogP contribution in [0.1, 0.15) is 29.9 Å². The molecule has 2 rings (SSSR count). The number of likely N-dealkylation sites (tertiary alicyclic amines) is 1. The van der Waals surface area contributed by atoms with E-state index in [1.54, 1.807) is 0 Å². The predicted octanol–water partition coefficient (Wildman–Crippen LogP) is 2.68. The zero-order valence-electron chi connectivity index (χ0n) is 10.8. The van der Waals surface area contributed by atoms with Gasteiger partial charge in [0.05, 0.1) is 5.56 Å². The van der Waals surface area contributed by atoms with Crippen molar-refractivity contribution < 1.29 is 13.2 Å². The average molecular weight is 273 g/mol. The highest BCUT2D eigenvalue weighted by molar-refractivity contribution is 5.64. The highest BCUT2D eigenvalue weighted by atomic mass is 19.4. The van der Waals surface area contributed by atoms with Gasteiger partial charge in [-0.15, -0.1) is 0 Å². The van der Waals surface area contributed by atoms with Gasteiger partial charge in [0.15, 0.2) is 0 Å². The topological polar surface area (TPSA) is 55.3 Å². The van der Waals surface area contributed by atoms with E-state index in [0.29, 0.717) is 12.8 Å². The Morgan fingerprint density at radius 2 is 1.63 bits per heavy atom. The molecule has 1 aliphatic rings. The fourth-order valence-electron chi connectivity index (χ4n) is 2.71. The van der Waals surface area contributed by atoms with Gasteiger partial charge in [-0.05, 0) is 56.6 Å². The Labute approximate surface area is 110 Å². The first-order valence-electron chi connectivity index (χ1n) is 6.24. The first kappa shape index (κ1) is 14.0. The van der Waals surface area contributed by atoms with E-state index in [-0.39, 0.29) is 22.9 Å². The van der Waals surface area contributed by atoms with Gasteiger partial charge in [-0.3, -0.25) is 0 Å². The molecule has 0 aromatic heterocycles. The van der Waals surface area contributed by atoms with Gasteiger partial charge in [0.25, 0.3) is 0 Å². The average Bonchev–Trinajstić information content (AvgIpc) is 2.31. The van der Waals surface area contributed by atoms with Crippen LogP contribution >= 0.6 is 0 Å². The number of nitrogens with zero attached hydrogens (tertiary/aromatic N) is 1. The van der Waals surface area contributed by atoms with Crippen LogP contribution in [-0.4, -0.2) is 25.0 Å². The molecule has 0 unspecified atom stereocenters. The minimum absolute atomic E-state index is 0.170. The highest BCUT2D eigenvalue weighted by Gasteiger charge is 2.39. The van der Waals surface area contributed by atoms with Gasteiger partial charge in [0, 0.05) is 11.4 Å². The SMILES string of the molecule is CN1CCC(c2c(N)ccc(N)c2C(F)(F)F)CC1. The second kappa shape index (κ2) is 4.92. The van der Waals surface area contributed by atoms with Crippen molar-refractivity contribution in [2.45, 2.75) is 24.9 Å². The Hall–Kier alpha value is -1.43. The summed E-state index contributed by atoms with van der Waals surface area (Å²) in [5, 5.41) is 0. The van der Waals surface area contributed by atoms with Crippen molar-refractivity contribution >= 4 is 11.4 Å². The lowest BCUT2D eigenvalue weighted by molar-refractivity contribution is -0.137. The first-order chi connectivity index (χ1) is 8.80. The smallest absolute Gasteiger partial charge is 0.398 e. The summed E-state index contributed by atoms with van der Waals surface area (Å²) in [7, 11) is 1.96. The van der Waals surface area contributed by atoms with Crippen molar-refractivity contribution in [3.05, 3.63) is 23.3 Å². The molecule has 0 saturated carbocycles. The van der Waals surface area contributed by atoms with Gasteiger partial charge in [0.1, 0.15) is 0 Å². The molecule has 19 heavy (non-hydrogen) atoms. The number of benzene rings is 1. The number of alkyl halides is 3. The maximum Gasteiger partial charge on any atom is 0.418 e. The molecule has 1 aromatic rings. The quantitative estimate of drug-likeness (QED) is 0.773. The summed E-state index contributed by atoms with van der Waals surface area (Å²) >= 11 is 0. The molecule has 6 heteroatoms. The van der Waals surface area contributed by atoms with Crippen LogP contribution in [0.25, 0.3) is 0 Å². The Kier molecular flexibility index (Phi) is 3.62. The van der Waals surface area contributed by atoms with Crippen molar-refractivity contribution in [1.29, 1.82) is 0 Å². The van der Waals surface area contributed by atoms with Gasteiger partial charge >= 0.3 is 6.18 Å². The summed E-state index contributed by atoms with van der Waals surface area (Å²) in [4.78, 5) is 2.10. The second-order valence-electron chi connectivity index (χ2n) is 5.11. The molecule has 3 nitrogen and oxygen atoms in total. The molecule has 0 atom stereocenters. The standard InChI is InChI=1S/C13H18F3N3/c1-19-6-4-8(5-7-19)11-9(17)2-3-10(18)12(11)13(14,15)16/h2-3,8H,4-7,17-18H2,1H3. The molecule has 0 aliphatic carbocycles. The number of hydrogen-bond acceptors (Lipinski definition) is 3. The Morgan fingerprint density at radius 3 is 2.16 bits per heavy atom. The van der Waals surface area contributed by atoms with Crippen molar-refractivity contribution in [3.63, 3.8) is 0 Å². The number of hydrogen-bond donors (Lipinski definition) is 2. The molecule has 1 saturated heterocycles. The molecule has 1 heterocycles. The summed E-state index contributed by atoms with van der Waals surface area (Å²) in [5.74, 6) is -0.170.